The van der Waals surface area contributed by atoms with Crippen LogP contribution in [0.25, 0.3) is 0 Å². The molecule has 1 unspecified atom stereocenters. The number of hydrogen-bond donors (Lipinski definition) is 1. The topological polar surface area (TPSA) is 38.7 Å². The molecule has 104 valence electrons. The van der Waals surface area contributed by atoms with Gasteiger partial charge in [0.05, 0.1) is 5.02 Å². The lowest BCUT2D eigenvalue weighted by atomic mass is 10.1. The van der Waals surface area contributed by atoms with E-state index in [0.717, 1.165) is 5.56 Å². The van der Waals surface area contributed by atoms with Gasteiger partial charge in [-0.2, -0.15) is 0 Å². The minimum atomic E-state index is -0.597. The van der Waals surface area contributed by atoms with Gasteiger partial charge in [-0.25, -0.2) is 4.39 Å². The maximum absolute atomic E-state index is 13.6. The molecule has 3 nitrogen and oxygen atoms in total. The average Bonchev–Trinajstić information content (AvgIpc) is 2.79. The Bertz CT molecular complexity index is 625. The van der Waals surface area contributed by atoms with Gasteiger partial charge in [0.25, 0.3) is 0 Å². The maximum Gasteiger partial charge on any atom is 0.131 e. The van der Waals surface area contributed by atoms with Crippen LogP contribution >= 0.6 is 11.6 Å². The van der Waals surface area contributed by atoms with Gasteiger partial charge >= 0.3 is 0 Å². The van der Waals surface area contributed by atoms with E-state index in [4.69, 9.17) is 21.1 Å². The lowest BCUT2D eigenvalue weighted by Gasteiger charge is -2.10. The third-order valence-electron chi connectivity index (χ3n) is 3.19. The fraction of sp³-hybridized carbons (Fsp3) is 0.200. The molecular weight excluding hydrogens is 283 g/mol. The van der Waals surface area contributed by atoms with Gasteiger partial charge in [-0.05, 0) is 24.3 Å². The summed E-state index contributed by atoms with van der Waals surface area (Å²) in [7, 11) is 0. The molecule has 1 aliphatic heterocycles. The quantitative estimate of drug-likeness (QED) is 0.942. The molecule has 0 spiro atoms. The van der Waals surface area contributed by atoms with Crippen molar-refractivity contribution in [2.45, 2.75) is 12.7 Å². The highest BCUT2D eigenvalue weighted by atomic mass is 35.5. The van der Waals surface area contributed by atoms with Crippen LogP contribution in [0.1, 0.15) is 17.2 Å². The lowest BCUT2D eigenvalue weighted by Crippen LogP contribution is -1.99. The molecule has 20 heavy (non-hydrogen) atoms. The molecule has 0 fully saturated rings. The van der Waals surface area contributed by atoms with Crippen LogP contribution < -0.4 is 9.47 Å². The largest absolute Gasteiger partial charge is 0.490 e. The van der Waals surface area contributed by atoms with Crippen molar-refractivity contribution >= 4 is 11.6 Å². The number of ether oxygens (including phenoxy) is 2. The molecule has 0 aromatic heterocycles. The normalized spacial score (nSPS) is 16.6. The van der Waals surface area contributed by atoms with E-state index in [-0.39, 0.29) is 13.2 Å². The minimum Gasteiger partial charge on any atom is -0.490 e. The van der Waals surface area contributed by atoms with E-state index in [1.807, 2.05) is 0 Å². The summed E-state index contributed by atoms with van der Waals surface area (Å²) in [5, 5.41) is 9.95. The number of hydrogen-bond acceptors (Lipinski definition) is 3. The summed E-state index contributed by atoms with van der Waals surface area (Å²) in [6, 6.07) is 9.64. The van der Waals surface area contributed by atoms with Crippen LogP contribution in [0.5, 0.6) is 11.5 Å². The van der Waals surface area contributed by atoms with Crippen LogP contribution in [0.3, 0.4) is 0 Å². The Hall–Kier alpha value is -1.78. The highest BCUT2D eigenvalue weighted by Gasteiger charge is 2.22. The van der Waals surface area contributed by atoms with Crippen LogP contribution in [0, 0.1) is 5.82 Å². The highest BCUT2D eigenvalue weighted by Crippen LogP contribution is 2.35. The number of rotatable bonds is 3. The number of aliphatic hydroxyl groups is 1. The Kier molecular flexibility index (Phi) is 3.51. The predicted molar refractivity (Wildman–Crippen MR) is 72.6 cm³/mol. The van der Waals surface area contributed by atoms with Gasteiger partial charge in [0, 0.05) is 17.2 Å². The Morgan fingerprint density at radius 2 is 2.20 bits per heavy atom. The summed E-state index contributed by atoms with van der Waals surface area (Å²) in [4.78, 5) is 0. The van der Waals surface area contributed by atoms with Crippen molar-refractivity contribution in [3.05, 3.63) is 58.4 Å². The van der Waals surface area contributed by atoms with Gasteiger partial charge in [-0.1, -0.05) is 17.7 Å². The van der Waals surface area contributed by atoms with Crippen LogP contribution in [0.4, 0.5) is 4.39 Å². The predicted octanol–water partition coefficient (Wildman–Crippen LogP) is 3.48. The van der Waals surface area contributed by atoms with E-state index >= 15 is 0 Å². The molecular formula is C15H12ClFO3. The molecule has 5 heteroatoms. The number of aliphatic hydroxyl groups excluding tert-OH is 1. The Balaban J connectivity index is 1.76. The second-order valence-corrected chi connectivity index (χ2v) is 4.92. The summed E-state index contributed by atoms with van der Waals surface area (Å²) in [6.07, 6.45) is -0.597. The zero-order valence-electron chi connectivity index (χ0n) is 10.5. The molecule has 0 saturated carbocycles. The molecule has 0 amide bonds. The first kappa shape index (κ1) is 13.2. The second kappa shape index (κ2) is 5.31. The van der Waals surface area contributed by atoms with E-state index in [0.29, 0.717) is 22.1 Å². The summed E-state index contributed by atoms with van der Waals surface area (Å²) in [5.74, 6) is 0.733. The van der Waals surface area contributed by atoms with Crippen molar-refractivity contribution in [3.8, 4) is 11.5 Å². The van der Waals surface area contributed by atoms with E-state index in [1.165, 1.54) is 6.07 Å². The van der Waals surface area contributed by atoms with Crippen molar-refractivity contribution in [2.24, 2.45) is 0 Å². The zero-order valence-corrected chi connectivity index (χ0v) is 11.2. The lowest BCUT2D eigenvalue weighted by molar-refractivity contribution is 0.140. The maximum atomic E-state index is 13.6. The van der Waals surface area contributed by atoms with Crippen molar-refractivity contribution in [1.29, 1.82) is 0 Å². The van der Waals surface area contributed by atoms with Gasteiger partial charge in [-0.3, -0.25) is 0 Å². The van der Waals surface area contributed by atoms with Gasteiger partial charge in [0.1, 0.15) is 36.6 Å². The monoisotopic (exact) mass is 294 g/mol. The molecule has 2 aromatic rings. The van der Waals surface area contributed by atoms with Gasteiger partial charge in [-0.15, -0.1) is 0 Å². The van der Waals surface area contributed by atoms with Crippen LogP contribution in [0.2, 0.25) is 5.02 Å². The van der Waals surface area contributed by atoms with E-state index in [2.05, 4.69) is 0 Å². The van der Waals surface area contributed by atoms with Crippen molar-refractivity contribution in [1.82, 2.24) is 0 Å². The van der Waals surface area contributed by atoms with Crippen LogP contribution in [0.15, 0.2) is 36.4 Å². The average molecular weight is 295 g/mol. The van der Waals surface area contributed by atoms with Crippen LogP contribution in [-0.2, 0) is 6.61 Å². The zero-order chi connectivity index (χ0) is 14.1. The Morgan fingerprint density at radius 1 is 1.35 bits per heavy atom. The van der Waals surface area contributed by atoms with Crippen LogP contribution in [-0.4, -0.2) is 11.7 Å². The Morgan fingerprint density at radius 3 is 3.00 bits per heavy atom. The highest BCUT2D eigenvalue weighted by molar-refractivity contribution is 6.31. The summed E-state index contributed by atoms with van der Waals surface area (Å²) in [6.45, 7) is 0.283. The second-order valence-electron chi connectivity index (χ2n) is 4.52. The molecule has 0 saturated heterocycles. The van der Waals surface area contributed by atoms with Crippen molar-refractivity contribution in [3.63, 3.8) is 0 Å². The molecule has 0 bridgehead atoms. The molecule has 0 radical (unpaired) electrons. The molecule has 1 aliphatic rings. The standard InChI is InChI=1S/C15H12ClFO3/c16-12-2-1-3-13(17)11(12)7-19-9-4-5-10-14(18)8-20-15(10)6-9/h1-6,14,18H,7-8H2. The summed E-state index contributed by atoms with van der Waals surface area (Å²) in [5.41, 5.74) is 1.05. The Labute approximate surface area is 120 Å². The van der Waals surface area contributed by atoms with Crippen molar-refractivity contribution in [2.75, 3.05) is 6.61 Å². The molecule has 2 aromatic carbocycles. The first-order valence-corrected chi connectivity index (χ1v) is 6.53. The van der Waals surface area contributed by atoms with Gasteiger partial charge < -0.3 is 14.6 Å². The summed E-state index contributed by atoms with van der Waals surface area (Å²) >= 11 is 5.93. The molecule has 1 heterocycles. The molecule has 1 atom stereocenters. The number of halogens is 2. The van der Waals surface area contributed by atoms with Crippen molar-refractivity contribution < 1.29 is 19.0 Å². The fourth-order valence-electron chi connectivity index (χ4n) is 2.09. The molecule has 1 N–H and O–H groups in total. The SMILES string of the molecule is OC1COc2cc(OCc3c(F)cccc3Cl)ccc21. The van der Waals surface area contributed by atoms with Gasteiger partial charge in [0.15, 0.2) is 0 Å². The first-order chi connectivity index (χ1) is 9.65. The van der Waals surface area contributed by atoms with E-state index < -0.39 is 11.9 Å². The number of benzene rings is 2. The van der Waals surface area contributed by atoms with E-state index in [9.17, 15) is 9.50 Å². The minimum absolute atomic E-state index is 0.0346. The fourth-order valence-corrected chi connectivity index (χ4v) is 2.31. The first-order valence-electron chi connectivity index (χ1n) is 6.15. The van der Waals surface area contributed by atoms with Gasteiger partial charge in [0.2, 0.25) is 0 Å². The third kappa shape index (κ3) is 2.44. The third-order valence-corrected chi connectivity index (χ3v) is 3.54. The van der Waals surface area contributed by atoms with E-state index in [1.54, 1.807) is 30.3 Å². The smallest absolute Gasteiger partial charge is 0.131 e. The number of fused-ring (bicyclic) bond motifs is 1. The molecule has 3 rings (SSSR count). The molecule has 0 aliphatic carbocycles. The summed E-state index contributed by atoms with van der Waals surface area (Å²) < 4.78 is 24.5.